The summed E-state index contributed by atoms with van der Waals surface area (Å²) in [6, 6.07) is 31.1. The molecular formula is C35H26N2. The van der Waals surface area contributed by atoms with E-state index in [-0.39, 0.29) is 29.7 Å². The number of para-hydroxylation sites is 2. The zero-order valence-electron chi connectivity index (χ0n) is 25.3. The predicted octanol–water partition coefficient (Wildman–Crippen LogP) is 9.23. The average Bonchev–Trinajstić information content (AvgIpc) is 3.40. The topological polar surface area (TPSA) is 17.8 Å². The molecule has 6 aromatic carbocycles. The monoisotopic (exact) mass is 479 g/mol. The fraction of sp³-hybridized carbons (Fsp3) is 0.0571. The molecule has 7 rings (SSSR count). The van der Waals surface area contributed by atoms with Crippen molar-refractivity contribution in [3.05, 3.63) is 133 Å². The van der Waals surface area contributed by atoms with E-state index in [1.54, 1.807) is 0 Å². The van der Waals surface area contributed by atoms with Crippen molar-refractivity contribution in [3.63, 3.8) is 0 Å². The Morgan fingerprint density at radius 3 is 2.16 bits per heavy atom. The van der Waals surface area contributed by atoms with E-state index in [4.69, 9.17) is 11.8 Å². The minimum absolute atomic E-state index is 0.193. The first-order chi connectivity index (χ1) is 20.4. The van der Waals surface area contributed by atoms with Crippen LogP contribution in [-0.4, -0.2) is 9.55 Å². The average molecular weight is 480 g/mol. The number of hydrogen-bond donors (Lipinski definition) is 0. The molecule has 0 aliphatic carbocycles. The molecule has 7 aromatic rings. The zero-order valence-corrected chi connectivity index (χ0v) is 20.3. The van der Waals surface area contributed by atoms with Gasteiger partial charge in [0.15, 0.2) is 0 Å². The Morgan fingerprint density at radius 2 is 1.35 bits per heavy atom. The van der Waals surface area contributed by atoms with Crippen LogP contribution in [0.5, 0.6) is 0 Å². The molecule has 0 radical (unpaired) electrons. The Morgan fingerprint density at radius 1 is 0.649 bits per heavy atom. The maximum atomic E-state index is 8.64. The van der Waals surface area contributed by atoms with Gasteiger partial charge in [0, 0.05) is 17.2 Å². The molecule has 1 heterocycles. The summed E-state index contributed by atoms with van der Waals surface area (Å²) in [6.45, 7) is 2.11. The van der Waals surface area contributed by atoms with Gasteiger partial charge < -0.3 is 0 Å². The van der Waals surface area contributed by atoms with Crippen molar-refractivity contribution >= 4 is 32.6 Å². The molecule has 2 heteroatoms. The second-order valence-electron chi connectivity index (χ2n) is 9.10. The summed E-state index contributed by atoms with van der Waals surface area (Å²) in [4.78, 5) is 4.97. The maximum Gasteiger partial charge on any atom is 0.114 e. The van der Waals surface area contributed by atoms with Crippen LogP contribution in [0.4, 0.5) is 0 Å². The molecule has 176 valence electrons. The van der Waals surface area contributed by atoms with Crippen LogP contribution in [0.2, 0.25) is 0 Å². The molecule has 0 spiro atoms. The van der Waals surface area contributed by atoms with Crippen LogP contribution in [0.25, 0.3) is 60.5 Å². The molecule has 2 nitrogen and oxygen atoms in total. The lowest BCUT2D eigenvalue weighted by Crippen LogP contribution is -2.03. The molecule has 0 atom stereocenters. The number of benzene rings is 6. The summed E-state index contributed by atoms with van der Waals surface area (Å²) in [5.41, 5.74) is 5.79. The van der Waals surface area contributed by atoms with Crippen LogP contribution >= 0.6 is 0 Å². The van der Waals surface area contributed by atoms with Gasteiger partial charge in [0.05, 0.1) is 23.6 Å². The lowest BCUT2D eigenvalue weighted by molar-refractivity contribution is 0.917. The highest BCUT2D eigenvalue weighted by Gasteiger charge is 2.20. The summed E-state index contributed by atoms with van der Waals surface area (Å²) in [6.07, 6.45) is 0.742. The third-order valence-corrected chi connectivity index (χ3v) is 7.02. The lowest BCUT2D eigenvalue weighted by atomic mass is 9.88. The van der Waals surface area contributed by atoms with Crippen LogP contribution in [0.15, 0.2) is 127 Å². The van der Waals surface area contributed by atoms with Gasteiger partial charge in [0.1, 0.15) is 5.82 Å². The number of hydrogen-bond acceptors (Lipinski definition) is 1. The van der Waals surface area contributed by atoms with E-state index in [1.165, 1.54) is 0 Å². The highest BCUT2D eigenvalue weighted by Crippen LogP contribution is 2.43. The van der Waals surface area contributed by atoms with Crippen molar-refractivity contribution in [1.29, 1.82) is 0 Å². The molecule has 0 N–H and O–H groups in total. The van der Waals surface area contributed by atoms with Crippen molar-refractivity contribution < 1.29 is 6.85 Å². The Bertz CT molecular complexity index is 2160. The first kappa shape index (κ1) is 16.9. The molecule has 0 saturated carbocycles. The van der Waals surface area contributed by atoms with Crippen molar-refractivity contribution in [2.45, 2.75) is 13.3 Å². The minimum Gasteiger partial charge on any atom is -0.295 e. The van der Waals surface area contributed by atoms with Crippen molar-refractivity contribution in [2.24, 2.45) is 0 Å². The fourth-order valence-corrected chi connectivity index (χ4v) is 5.42. The molecule has 0 bridgehead atoms. The zero-order chi connectivity index (χ0) is 29.1. The first-order valence-electron chi connectivity index (χ1n) is 15.0. The summed E-state index contributed by atoms with van der Waals surface area (Å²) in [7, 11) is 0. The van der Waals surface area contributed by atoms with Gasteiger partial charge >= 0.3 is 0 Å². The summed E-state index contributed by atoms with van der Waals surface area (Å²) in [5.74, 6) is 0.949. The van der Waals surface area contributed by atoms with Gasteiger partial charge in [-0.1, -0.05) is 116 Å². The van der Waals surface area contributed by atoms with Gasteiger partial charge in [0.25, 0.3) is 0 Å². The van der Waals surface area contributed by atoms with Gasteiger partial charge in [-0.25, -0.2) is 4.98 Å². The van der Waals surface area contributed by atoms with Gasteiger partial charge in [0.2, 0.25) is 0 Å². The van der Waals surface area contributed by atoms with E-state index in [2.05, 4.69) is 47.9 Å². The Kier molecular flexibility index (Phi) is 4.00. The Balaban J connectivity index is 1.68. The van der Waals surface area contributed by atoms with Crippen LogP contribution in [0.1, 0.15) is 19.6 Å². The lowest BCUT2D eigenvalue weighted by Gasteiger charge is -2.20. The standard InChI is InChI=1S/C35H26N2/c1-2-33-36-31-19-11-12-20-32(31)37(33)35-28-18-10-9-17-27(28)34(25-15-7-4-8-16-25)30-23-26(21-22-29(30)35)24-13-5-3-6-14-24/h3-23H,2H2,1H3/i3D,5D,6D,13D,14D. The third-order valence-electron chi connectivity index (χ3n) is 7.02. The third kappa shape index (κ3) is 3.45. The number of aryl methyl sites for hydroxylation is 1. The molecule has 0 aliphatic rings. The SMILES string of the molecule is [2H]c1c([2H])c([2H])c(-c2ccc3c(-n4c(CC)nc5ccccc54)c4ccccc4c(-c4ccccc4)c3c2)c([2H])c1[2H]. The van der Waals surface area contributed by atoms with Gasteiger partial charge in [-0.15, -0.1) is 0 Å². The number of fused-ring (bicyclic) bond motifs is 3. The van der Waals surface area contributed by atoms with E-state index >= 15 is 0 Å². The van der Waals surface area contributed by atoms with E-state index < -0.39 is 6.04 Å². The minimum atomic E-state index is -0.396. The molecule has 0 unspecified atom stereocenters. The van der Waals surface area contributed by atoms with E-state index in [0.29, 0.717) is 5.56 Å². The predicted molar refractivity (Wildman–Crippen MR) is 156 cm³/mol. The molecular weight excluding hydrogens is 448 g/mol. The van der Waals surface area contributed by atoms with Crippen molar-refractivity contribution in [2.75, 3.05) is 0 Å². The number of rotatable bonds is 4. The number of imidazole rings is 1. The van der Waals surface area contributed by atoms with Gasteiger partial charge in [-0.3, -0.25) is 4.57 Å². The smallest absolute Gasteiger partial charge is 0.114 e. The summed E-state index contributed by atoms with van der Waals surface area (Å²) in [5, 5.41) is 4.06. The van der Waals surface area contributed by atoms with Crippen LogP contribution in [0.3, 0.4) is 0 Å². The summed E-state index contributed by atoms with van der Waals surface area (Å²) >= 11 is 0. The maximum absolute atomic E-state index is 8.64. The second-order valence-corrected chi connectivity index (χ2v) is 9.10. The highest BCUT2D eigenvalue weighted by atomic mass is 15.1. The number of nitrogens with zero attached hydrogens (tertiary/aromatic N) is 2. The van der Waals surface area contributed by atoms with E-state index in [1.807, 2.05) is 60.7 Å². The Labute approximate surface area is 223 Å². The van der Waals surface area contributed by atoms with Crippen molar-refractivity contribution in [3.8, 4) is 27.9 Å². The molecule has 0 aliphatic heterocycles. The second kappa shape index (κ2) is 8.76. The highest BCUT2D eigenvalue weighted by molar-refractivity contribution is 6.19. The van der Waals surface area contributed by atoms with Crippen LogP contribution in [-0.2, 0) is 6.42 Å². The van der Waals surface area contributed by atoms with Crippen LogP contribution in [0, 0.1) is 0 Å². The quantitative estimate of drug-likeness (QED) is 0.230. The number of aromatic nitrogens is 2. The molecule has 0 amide bonds. The Hall–Kier alpha value is -4.69. The normalized spacial score (nSPS) is 13.4. The molecule has 1 aromatic heterocycles. The molecule has 37 heavy (non-hydrogen) atoms. The fourth-order valence-electron chi connectivity index (χ4n) is 5.42. The first-order valence-corrected chi connectivity index (χ1v) is 12.5. The molecule has 0 fully saturated rings. The largest absolute Gasteiger partial charge is 0.295 e. The summed E-state index contributed by atoms with van der Waals surface area (Å²) < 4.78 is 44.1. The van der Waals surface area contributed by atoms with E-state index in [0.717, 1.165) is 61.6 Å². The van der Waals surface area contributed by atoms with Crippen LogP contribution < -0.4 is 0 Å². The van der Waals surface area contributed by atoms with E-state index in [9.17, 15) is 0 Å². The van der Waals surface area contributed by atoms with Gasteiger partial charge in [-0.05, 0) is 51.2 Å². The van der Waals surface area contributed by atoms with Crippen molar-refractivity contribution in [1.82, 2.24) is 9.55 Å². The molecule has 0 saturated heterocycles. The van der Waals surface area contributed by atoms with Gasteiger partial charge in [-0.2, -0.15) is 0 Å².